The molecule has 1 N–H and O–H groups in total. The lowest BCUT2D eigenvalue weighted by Gasteiger charge is -2.26. The van der Waals surface area contributed by atoms with E-state index < -0.39 is 17.8 Å². The molecule has 1 aliphatic rings. The molecule has 0 saturated heterocycles. The number of carboxylic acid groups (broad SMARTS) is 1. The van der Waals surface area contributed by atoms with Gasteiger partial charge in [0.05, 0.1) is 11.8 Å². The van der Waals surface area contributed by atoms with E-state index in [0.717, 1.165) is 32.1 Å². The van der Waals surface area contributed by atoms with E-state index in [1.54, 1.807) is 6.08 Å². The van der Waals surface area contributed by atoms with Gasteiger partial charge in [0, 0.05) is 0 Å². The Morgan fingerprint density at radius 2 is 0.976 bits per heavy atom. The van der Waals surface area contributed by atoms with Crippen molar-refractivity contribution >= 4 is 11.9 Å². The lowest BCUT2D eigenvalue weighted by molar-refractivity contribution is -0.160. The number of aliphatic carboxylic acids is 1. The largest absolute Gasteiger partial charge is 0.481 e. The summed E-state index contributed by atoms with van der Waals surface area (Å²) in [5, 5.41) is 9.61. The van der Waals surface area contributed by atoms with Crippen LogP contribution in [0.25, 0.3) is 0 Å². The monoisotopic (exact) mass is 591 g/mol. The number of unbranched alkanes of at least 4 members (excludes halogenated alkanes) is 23. The normalized spacial score (nSPS) is 17.4. The second kappa shape index (κ2) is 28.5. The maximum absolute atomic E-state index is 13.0. The molecule has 0 aromatic rings. The Bertz CT molecular complexity index is 657. The van der Waals surface area contributed by atoms with Gasteiger partial charge in [0.25, 0.3) is 0 Å². The molecule has 0 aromatic carbocycles. The summed E-state index contributed by atoms with van der Waals surface area (Å²) in [4.78, 5) is 24.7. The van der Waals surface area contributed by atoms with Crippen LogP contribution in [0.3, 0.4) is 0 Å². The highest BCUT2D eigenvalue weighted by Crippen LogP contribution is 2.28. The molecule has 246 valence electrons. The average molecular weight is 591 g/mol. The molecule has 0 fully saturated rings. The van der Waals surface area contributed by atoms with E-state index >= 15 is 0 Å². The van der Waals surface area contributed by atoms with Crippen LogP contribution in [0.1, 0.15) is 200 Å². The Hall–Kier alpha value is -1.32. The number of rotatable bonds is 30. The van der Waals surface area contributed by atoms with Crippen molar-refractivity contribution < 1.29 is 19.4 Å². The van der Waals surface area contributed by atoms with Crippen molar-refractivity contribution in [3.05, 3.63) is 12.2 Å². The van der Waals surface area contributed by atoms with Gasteiger partial charge in [0.1, 0.15) is 6.10 Å². The molecule has 0 spiro atoms. The van der Waals surface area contributed by atoms with E-state index in [1.807, 2.05) is 6.08 Å². The minimum atomic E-state index is -0.880. The van der Waals surface area contributed by atoms with Crippen molar-refractivity contribution in [2.24, 2.45) is 11.8 Å². The van der Waals surface area contributed by atoms with Gasteiger partial charge in [-0.1, -0.05) is 174 Å². The summed E-state index contributed by atoms with van der Waals surface area (Å²) >= 11 is 0. The van der Waals surface area contributed by atoms with Crippen molar-refractivity contribution in [2.75, 3.05) is 0 Å². The summed E-state index contributed by atoms with van der Waals surface area (Å²) in [7, 11) is 0. The van der Waals surface area contributed by atoms with Crippen LogP contribution >= 0.6 is 0 Å². The molecule has 0 bridgehead atoms. The zero-order valence-corrected chi connectivity index (χ0v) is 28.1. The molecule has 0 aliphatic heterocycles. The molecule has 3 unspecified atom stereocenters. The summed E-state index contributed by atoms with van der Waals surface area (Å²) in [6.07, 6.45) is 39.9. The van der Waals surface area contributed by atoms with Crippen LogP contribution < -0.4 is 0 Å². The van der Waals surface area contributed by atoms with E-state index in [1.165, 1.54) is 148 Å². The minimum absolute atomic E-state index is 0.0710. The summed E-state index contributed by atoms with van der Waals surface area (Å²) in [6.45, 7) is 4.55. The Morgan fingerprint density at radius 3 is 1.33 bits per heavy atom. The molecular weight excluding hydrogens is 520 g/mol. The highest BCUT2D eigenvalue weighted by Gasteiger charge is 2.35. The van der Waals surface area contributed by atoms with E-state index in [-0.39, 0.29) is 12.1 Å². The first-order chi connectivity index (χ1) is 20.6. The number of hydrogen-bond donors (Lipinski definition) is 1. The topological polar surface area (TPSA) is 63.6 Å². The van der Waals surface area contributed by atoms with Gasteiger partial charge in [-0.15, -0.1) is 0 Å². The molecule has 1 rings (SSSR count). The van der Waals surface area contributed by atoms with Crippen LogP contribution in [0.15, 0.2) is 12.2 Å². The Labute approximate surface area is 261 Å². The van der Waals surface area contributed by atoms with E-state index in [9.17, 15) is 14.7 Å². The van der Waals surface area contributed by atoms with Crippen LogP contribution in [-0.2, 0) is 14.3 Å². The van der Waals surface area contributed by atoms with Crippen LogP contribution in [0, 0.1) is 11.8 Å². The Morgan fingerprint density at radius 1 is 0.619 bits per heavy atom. The highest BCUT2D eigenvalue weighted by atomic mass is 16.5. The van der Waals surface area contributed by atoms with Gasteiger partial charge >= 0.3 is 11.9 Å². The standard InChI is InChI=1S/C38H70O4/c1-3-5-7-9-11-13-15-16-17-18-19-21-23-25-27-31-34(30-26-24-22-20-14-12-10-8-6-4-2)42-38(41)36-33-29-28-32-35(36)37(39)40/h29,33-36H,3-28,30-32H2,1-2H3,(H,39,40). The highest BCUT2D eigenvalue weighted by molar-refractivity contribution is 5.83. The predicted octanol–water partition coefficient (Wildman–Crippen LogP) is 12.1. The van der Waals surface area contributed by atoms with Gasteiger partial charge in [0.15, 0.2) is 0 Å². The third-order valence-electron chi connectivity index (χ3n) is 9.30. The summed E-state index contributed by atoms with van der Waals surface area (Å²) < 4.78 is 6.02. The molecule has 0 radical (unpaired) electrons. The van der Waals surface area contributed by atoms with Gasteiger partial charge in [-0.25, -0.2) is 0 Å². The number of allylic oxidation sites excluding steroid dienone is 1. The van der Waals surface area contributed by atoms with Crippen molar-refractivity contribution in [1.29, 1.82) is 0 Å². The molecule has 1 aliphatic carbocycles. The maximum Gasteiger partial charge on any atom is 0.313 e. The quantitative estimate of drug-likeness (QED) is 0.0513. The van der Waals surface area contributed by atoms with E-state index in [0.29, 0.717) is 6.42 Å². The zero-order valence-electron chi connectivity index (χ0n) is 28.1. The third kappa shape index (κ3) is 21.4. The van der Waals surface area contributed by atoms with Crippen LogP contribution in [0.4, 0.5) is 0 Å². The molecule has 0 amide bonds. The van der Waals surface area contributed by atoms with Gasteiger partial charge < -0.3 is 9.84 Å². The average Bonchev–Trinajstić information content (AvgIpc) is 2.99. The van der Waals surface area contributed by atoms with Crippen LogP contribution in [0.2, 0.25) is 0 Å². The van der Waals surface area contributed by atoms with Gasteiger partial charge in [-0.05, 0) is 38.5 Å². The van der Waals surface area contributed by atoms with Crippen molar-refractivity contribution in [3.63, 3.8) is 0 Å². The molecule has 0 heterocycles. The summed E-state index contributed by atoms with van der Waals surface area (Å²) in [5.41, 5.74) is 0. The van der Waals surface area contributed by atoms with E-state index in [4.69, 9.17) is 4.74 Å². The number of carboxylic acids is 1. The van der Waals surface area contributed by atoms with Crippen molar-refractivity contribution in [2.45, 2.75) is 206 Å². The lowest BCUT2D eigenvalue weighted by atomic mass is 9.84. The van der Waals surface area contributed by atoms with E-state index in [2.05, 4.69) is 13.8 Å². The molecule has 4 heteroatoms. The SMILES string of the molecule is CCCCCCCCCCCCCCCCCC(CCCCCCCCCCCC)OC(=O)C1C=CCCC1C(=O)O. The zero-order chi connectivity index (χ0) is 30.5. The molecule has 42 heavy (non-hydrogen) atoms. The number of hydrogen-bond acceptors (Lipinski definition) is 3. The third-order valence-corrected chi connectivity index (χ3v) is 9.30. The Balaban J connectivity index is 2.25. The van der Waals surface area contributed by atoms with Crippen LogP contribution in [0.5, 0.6) is 0 Å². The first kappa shape index (κ1) is 38.7. The number of esters is 1. The number of ether oxygens (including phenoxy) is 1. The Kier molecular flexibility index (Phi) is 26.2. The first-order valence-electron chi connectivity index (χ1n) is 18.7. The predicted molar refractivity (Wildman–Crippen MR) is 179 cm³/mol. The number of carbonyl (C=O) groups is 2. The fourth-order valence-corrected chi connectivity index (χ4v) is 6.46. The summed E-state index contributed by atoms with van der Waals surface area (Å²) in [6, 6.07) is 0. The summed E-state index contributed by atoms with van der Waals surface area (Å²) in [5.74, 6) is -2.48. The second-order valence-electron chi connectivity index (χ2n) is 13.2. The molecular formula is C38H70O4. The first-order valence-corrected chi connectivity index (χ1v) is 18.7. The fraction of sp³-hybridized carbons (Fsp3) is 0.895. The van der Waals surface area contributed by atoms with Gasteiger partial charge in [-0.3, -0.25) is 9.59 Å². The fourth-order valence-electron chi connectivity index (χ4n) is 6.46. The van der Waals surface area contributed by atoms with Crippen LogP contribution in [-0.4, -0.2) is 23.1 Å². The lowest BCUT2D eigenvalue weighted by Crippen LogP contribution is -2.33. The molecule has 0 saturated carbocycles. The smallest absolute Gasteiger partial charge is 0.313 e. The maximum atomic E-state index is 13.0. The van der Waals surface area contributed by atoms with Crippen molar-refractivity contribution in [1.82, 2.24) is 0 Å². The minimum Gasteiger partial charge on any atom is -0.481 e. The molecule has 3 atom stereocenters. The van der Waals surface area contributed by atoms with Crippen molar-refractivity contribution in [3.8, 4) is 0 Å². The second-order valence-corrected chi connectivity index (χ2v) is 13.2. The molecule has 4 nitrogen and oxygen atoms in total. The molecule has 0 aromatic heterocycles. The van der Waals surface area contributed by atoms with Gasteiger partial charge in [-0.2, -0.15) is 0 Å². The van der Waals surface area contributed by atoms with Gasteiger partial charge in [0.2, 0.25) is 0 Å². The number of carbonyl (C=O) groups excluding carboxylic acids is 1.